The maximum atomic E-state index is 12.9. The summed E-state index contributed by atoms with van der Waals surface area (Å²) in [5.41, 5.74) is 3.36. The number of aromatic nitrogens is 5. The van der Waals surface area contributed by atoms with Gasteiger partial charge in [-0.1, -0.05) is 42.0 Å². The summed E-state index contributed by atoms with van der Waals surface area (Å²) in [7, 11) is 0. The summed E-state index contributed by atoms with van der Waals surface area (Å²) >= 11 is 1.36. The molecule has 0 aliphatic rings. The molecule has 0 aliphatic carbocycles. The minimum atomic E-state index is -0.226. The molecule has 0 saturated carbocycles. The van der Waals surface area contributed by atoms with E-state index in [0.717, 1.165) is 21.3 Å². The van der Waals surface area contributed by atoms with Crippen molar-refractivity contribution in [3.8, 4) is 0 Å². The second-order valence-corrected chi connectivity index (χ2v) is 8.54. The molecule has 1 amide bonds. The van der Waals surface area contributed by atoms with Crippen molar-refractivity contribution in [2.24, 2.45) is 0 Å². The van der Waals surface area contributed by atoms with Crippen molar-refractivity contribution in [3.63, 3.8) is 0 Å². The Bertz CT molecular complexity index is 1470. The molecule has 0 bridgehead atoms. The third kappa shape index (κ3) is 3.90. The van der Waals surface area contributed by atoms with Crippen LogP contribution in [0.4, 0.5) is 0 Å². The van der Waals surface area contributed by atoms with Crippen LogP contribution in [-0.2, 0) is 13.1 Å². The van der Waals surface area contributed by atoms with Crippen LogP contribution in [0.15, 0.2) is 65.8 Å². The minimum Gasteiger partial charge on any atom is -0.348 e. The first-order valence-electron chi connectivity index (χ1n) is 10.2. The fourth-order valence-electron chi connectivity index (χ4n) is 3.60. The van der Waals surface area contributed by atoms with E-state index in [-0.39, 0.29) is 11.5 Å². The largest absolute Gasteiger partial charge is 0.348 e. The maximum absolute atomic E-state index is 12.9. The van der Waals surface area contributed by atoms with E-state index in [1.165, 1.54) is 17.5 Å². The number of fused-ring (bicyclic) bond motifs is 2. The zero-order valence-corrected chi connectivity index (χ0v) is 18.2. The minimum absolute atomic E-state index is 0.138. The highest BCUT2D eigenvalue weighted by molar-refractivity contribution is 7.20. The summed E-state index contributed by atoms with van der Waals surface area (Å²) in [6.07, 6.45) is 3.08. The average Bonchev–Trinajstić information content (AvgIpc) is 3.40. The molecule has 0 fully saturated rings. The fourth-order valence-corrected chi connectivity index (χ4v) is 4.48. The van der Waals surface area contributed by atoms with Crippen LogP contribution in [-0.4, -0.2) is 36.8 Å². The Hall–Kier alpha value is -3.85. The fraction of sp³-hybridized carbons (Fsp3) is 0.174. The van der Waals surface area contributed by atoms with Crippen LogP contribution in [0.1, 0.15) is 20.9 Å². The van der Waals surface area contributed by atoms with Crippen molar-refractivity contribution in [1.82, 2.24) is 29.6 Å². The SMILES string of the molecule is Cc1cccc(Cn2cnc3c(cnn3CCNC(=O)c3nc4ccccc4s3)c2=O)c1. The number of amides is 1. The van der Waals surface area contributed by atoms with Gasteiger partial charge in [0.1, 0.15) is 11.7 Å². The Balaban J connectivity index is 1.28. The summed E-state index contributed by atoms with van der Waals surface area (Å²) in [4.78, 5) is 34.1. The van der Waals surface area contributed by atoms with E-state index in [2.05, 4.69) is 20.4 Å². The number of benzene rings is 2. The van der Waals surface area contributed by atoms with Gasteiger partial charge in [-0.25, -0.2) is 14.6 Å². The van der Waals surface area contributed by atoms with Gasteiger partial charge in [-0.2, -0.15) is 5.10 Å². The topological polar surface area (TPSA) is 94.7 Å². The molecule has 1 N–H and O–H groups in total. The number of thiazole rings is 1. The molecule has 2 aromatic carbocycles. The number of nitrogens with zero attached hydrogens (tertiary/aromatic N) is 5. The number of hydrogen-bond acceptors (Lipinski definition) is 6. The lowest BCUT2D eigenvalue weighted by Gasteiger charge is -2.07. The monoisotopic (exact) mass is 444 g/mol. The number of rotatable bonds is 6. The summed E-state index contributed by atoms with van der Waals surface area (Å²) in [6, 6.07) is 15.7. The zero-order valence-electron chi connectivity index (χ0n) is 17.4. The van der Waals surface area contributed by atoms with Crippen molar-refractivity contribution in [3.05, 3.63) is 87.5 Å². The molecule has 0 atom stereocenters. The van der Waals surface area contributed by atoms with Gasteiger partial charge in [-0.05, 0) is 24.6 Å². The van der Waals surface area contributed by atoms with Gasteiger partial charge in [0.15, 0.2) is 10.7 Å². The van der Waals surface area contributed by atoms with E-state index in [0.29, 0.717) is 35.7 Å². The smallest absolute Gasteiger partial charge is 0.280 e. The highest BCUT2D eigenvalue weighted by atomic mass is 32.1. The van der Waals surface area contributed by atoms with E-state index < -0.39 is 0 Å². The molecule has 0 saturated heterocycles. The zero-order chi connectivity index (χ0) is 22.1. The van der Waals surface area contributed by atoms with Gasteiger partial charge < -0.3 is 5.32 Å². The first-order valence-corrected chi connectivity index (χ1v) is 11.0. The van der Waals surface area contributed by atoms with E-state index in [9.17, 15) is 9.59 Å². The van der Waals surface area contributed by atoms with Crippen LogP contribution in [0.25, 0.3) is 21.3 Å². The molecule has 0 radical (unpaired) electrons. The molecular weight excluding hydrogens is 424 g/mol. The Morgan fingerprint density at radius 1 is 1.16 bits per heavy atom. The van der Waals surface area contributed by atoms with Crippen molar-refractivity contribution < 1.29 is 4.79 Å². The van der Waals surface area contributed by atoms with Crippen LogP contribution in [0.2, 0.25) is 0 Å². The summed E-state index contributed by atoms with van der Waals surface area (Å²) < 4.78 is 4.19. The molecule has 0 aliphatic heterocycles. The van der Waals surface area contributed by atoms with Crippen molar-refractivity contribution in [2.45, 2.75) is 20.0 Å². The van der Waals surface area contributed by atoms with E-state index >= 15 is 0 Å². The number of para-hydroxylation sites is 1. The van der Waals surface area contributed by atoms with Crippen LogP contribution in [0.3, 0.4) is 0 Å². The second-order valence-electron chi connectivity index (χ2n) is 7.51. The Morgan fingerprint density at radius 3 is 2.88 bits per heavy atom. The standard InChI is InChI=1S/C23H20N6O2S/c1-15-5-4-6-16(11-15)13-28-14-25-20-17(23(28)31)12-26-29(20)10-9-24-21(30)22-27-18-7-2-3-8-19(18)32-22/h2-8,11-12,14H,9-10,13H2,1H3,(H,24,30). The van der Waals surface area contributed by atoms with Gasteiger partial charge in [0.2, 0.25) is 0 Å². The molecule has 0 spiro atoms. The average molecular weight is 445 g/mol. The Labute approximate surface area is 187 Å². The maximum Gasteiger partial charge on any atom is 0.280 e. The number of carbonyl (C=O) groups is 1. The first-order chi connectivity index (χ1) is 15.6. The molecule has 5 aromatic rings. The number of hydrogen-bond donors (Lipinski definition) is 1. The third-order valence-electron chi connectivity index (χ3n) is 5.15. The van der Waals surface area contributed by atoms with E-state index in [1.54, 1.807) is 15.6 Å². The van der Waals surface area contributed by atoms with Crippen LogP contribution in [0, 0.1) is 6.92 Å². The summed E-state index contributed by atoms with van der Waals surface area (Å²) in [6.45, 7) is 3.22. The van der Waals surface area contributed by atoms with Gasteiger partial charge in [0.25, 0.3) is 11.5 Å². The molecule has 32 heavy (non-hydrogen) atoms. The van der Waals surface area contributed by atoms with Crippen LogP contribution in [0.5, 0.6) is 0 Å². The van der Waals surface area contributed by atoms with Gasteiger partial charge >= 0.3 is 0 Å². The molecule has 5 rings (SSSR count). The van der Waals surface area contributed by atoms with Crippen molar-refractivity contribution in [1.29, 1.82) is 0 Å². The second kappa shape index (κ2) is 8.35. The summed E-state index contributed by atoms with van der Waals surface area (Å²) in [5, 5.41) is 8.04. The highest BCUT2D eigenvalue weighted by Crippen LogP contribution is 2.21. The first kappa shape index (κ1) is 20.1. The van der Waals surface area contributed by atoms with Crippen LogP contribution < -0.4 is 10.9 Å². The van der Waals surface area contributed by atoms with Gasteiger partial charge in [0, 0.05) is 6.54 Å². The number of aryl methyl sites for hydroxylation is 1. The highest BCUT2D eigenvalue weighted by Gasteiger charge is 2.13. The van der Waals surface area contributed by atoms with Crippen molar-refractivity contribution in [2.75, 3.05) is 6.54 Å². The molecular formula is C23H20N6O2S. The molecule has 8 nitrogen and oxygen atoms in total. The lowest BCUT2D eigenvalue weighted by molar-refractivity contribution is 0.0952. The lowest BCUT2D eigenvalue weighted by Crippen LogP contribution is -2.27. The van der Waals surface area contributed by atoms with E-state index in [4.69, 9.17) is 0 Å². The quantitative estimate of drug-likeness (QED) is 0.434. The predicted octanol–water partition coefficient (Wildman–Crippen LogP) is 2.99. The van der Waals surface area contributed by atoms with Gasteiger partial charge in [-0.15, -0.1) is 11.3 Å². The van der Waals surface area contributed by atoms with Crippen LogP contribution >= 0.6 is 11.3 Å². The van der Waals surface area contributed by atoms with E-state index in [1.807, 2.05) is 55.5 Å². The third-order valence-corrected chi connectivity index (χ3v) is 6.19. The Morgan fingerprint density at radius 2 is 2.03 bits per heavy atom. The Kier molecular flexibility index (Phi) is 5.24. The normalized spacial score (nSPS) is 11.3. The summed E-state index contributed by atoms with van der Waals surface area (Å²) in [5.74, 6) is -0.226. The molecule has 0 unspecified atom stereocenters. The van der Waals surface area contributed by atoms with Crippen molar-refractivity contribution >= 4 is 38.5 Å². The predicted molar refractivity (Wildman–Crippen MR) is 124 cm³/mol. The molecule has 160 valence electrons. The molecule has 3 aromatic heterocycles. The molecule has 3 heterocycles. The van der Waals surface area contributed by atoms with Gasteiger partial charge in [-0.3, -0.25) is 14.2 Å². The molecule has 9 heteroatoms. The number of nitrogens with one attached hydrogen (secondary N) is 1. The van der Waals surface area contributed by atoms with Gasteiger partial charge in [0.05, 0.1) is 29.5 Å². The number of carbonyl (C=O) groups excluding carboxylic acids is 1. The lowest BCUT2D eigenvalue weighted by atomic mass is 10.1.